The molecular weight excluding hydrogens is 337 g/mol. The molecule has 1 radical (unpaired) electrons. The van der Waals surface area contributed by atoms with Crippen molar-refractivity contribution >= 4 is 15.2 Å². The van der Waals surface area contributed by atoms with Crippen molar-refractivity contribution in [1.29, 1.82) is 0 Å². The third-order valence-electron chi connectivity index (χ3n) is 1.28. The van der Waals surface area contributed by atoms with Gasteiger partial charge in [0, 0.05) is 13.1 Å². The van der Waals surface area contributed by atoms with Crippen molar-refractivity contribution < 1.29 is 75.3 Å². The van der Waals surface area contributed by atoms with E-state index in [1.807, 2.05) is 0 Å². The van der Waals surface area contributed by atoms with Crippen LogP contribution in [0.25, 0.3) is 0 Å². The fourth-order valence-corrected chi connectivity index (χ4v) is 1.83. The Morgan fingerprint density at radius 1 is 0.778 bits per heavy atom. The summed E-state index contributed by atoms with van der Waals surface area (Å²) >= 11 is 0. The monoisotopic (exact) mass is 353 g/mol. The molecule has 0 saturated heterocycles. The second-order valence-electron chi connectivity index (χ2n) is 2.95. The molecule has 0 aliphatic carbocycles. The van der Waals surface area contributed by atoms with Crippen LogP contribution in [0.4, 0.5) is 0 Å². The van der Waals surface area contributed by atoms with E-state index in [1.54, 1.807) is 0 Å². The molecule has 12 heteroatoms. The third-order valence-corrected chi connectivity index (χ3v) is 3.01. The van der Waals surface area contributed by atoms with Crippen molar-refractivity contribution in [2.75, 3.05) is 25.4 Å². The molecule has 0 aromatic heterocycles. The van der Waals surface area contributed by atoms with E-state index in [9.17, 15) is 28.7 Å². The normalized spacial score (nSPS) is 10.6. The molecule has 18 heavy (non-hydrogen) atoms. The first-order valence-corrected chi connectivity index (χ1v) is 8.00. The van der Waals surface area contributed by atoms with E-state index < -0.39 is 27.5 Å². The fraction of sp³-hybridized carbons (Fsp3) is 1.00. The van der Waals surface area contributed by atoms with Crippen LogP contribution in [-0.2, 0) is 26.2 Å². The van der Waals surface area contributed by atoms with Crippen LogP contribution >= 0.6 is 15.2 Å². The summed E-state index contributed by atoms with van der Waals surface area (Å²) in [6.07, 6.45) is -1.32. The Hall–Kier alpha value is 1.74. The van der Waals surface area contributed by atoms with Gasteiger partial charge < -0.3 is 40.2 Å². The van der Waals surface area contributed by atoms with Crippen LogP contribution in [-0.4, -0.2) is 25.4 Å². The van der Waals surface area contributed by atoms with Gasteiger partial charge in [-0.05, 0) is 25.2 Å². The van der Waals surface area contributed by atoms with Crippen molar-refractivity contribution in [2.45, 2.75) is 12.8 Å². The van der Waals surface area contributed by atoms with Gasteiger partial charge >= 0.3 is 46.6 Å². The number of unbranched alkanes of at least 4 members (excludes halogenated alkanes) is 1. The standard InChI is InChI=1S/C4H12O6P2.C2H8N2.Fe.Na/c5-11(6,7)3-1-2-4-12(8,9)10;3-1-2-4;;/h1-4H2,(H2,5,6,7)(H2,8,9,10);1-4H2;;/q;;+3;+1/p-4. The minimum absolute atomic E-state index is 0. The van der Waals surface area contributed by atoms with Crippen LogP contribution in [0, 0.1) is 0 Å². The van der Waals surface area contributed by atoms with Gasteiger partial charge in [-0.3, -0.25) is 0 Å². The summed E-state index contributed by atoms with van der Waals surface area (Å²) in [5, 5.41) is 0. The third kappa shape index (κ3) is 36.1. The van der Waals surface area contributed by atoms with E-state index in [-0.39, 0.29) is 59.5 Å². The molecule has 0 heterocycles. The maximum atomic E-state index is 10.0. The van der Waals surface area contributed by atoms with Gasteiger partial charge in [-0.1, -0.05) is 15.2 Å². The van der Waals surface area contributed by atoms with Crippen LogP contribution in [0.5, 0.6) is 0 Å². The summed E-state index contributed by atoms with van der Waals surface area (Å²) in [5.74, 6) is 0. The Morgan fingerprint density at radius 2 is 1.00 bits per heavy atom. The van der Waals surface area contributed by atoms with Crippen LogP contribution < -0.4 is 60.6 Å². The van der Waals surface area contributed by atoms with Gasteiger partial charge in [0.05, 0.1) is 0 Å². The fourth-order valence-electron chi connectivity index (χ4n) is 0.611. The molecule has 0 amide bonds. The van der Waals surface area contributed by atoms with E-state index >= 15 is 0 Å². The van der Waals surface area contributed by atoms with Gasteiger partial charge in [-0.15, -0.1) is 0 Å². The molecule has 0 aliphatic heterocycles. The van der Waals surface area contributed by atoms with E-state index in [0.717, 1.165) is 0 Å². The predicted molar refractivity (Wildman–Crippen MR) is 52.3 cm³/mol. The molecule has 0 bridgehead atoms. The summed E-state index contributed by atoms with van der Waals surface area (Å²) in [6, 6.07) is 0. The zero-order valence-corrected chi connectivity index (χ0v) is 15.0. The Morgan fingerprint density at radius 3 is 1.11 bits per heavy atom. The topological polar surface area (TPSA) is 178 Å². The van der Waals surface area contributed by atoms with Gasteiger partial charge in [0.2, 0.25) is 0 Å². The van der Waals surface area contributed by atoms with Crippen molar-refractivity contribution in [3.05, 3.63) is 0 Å². The summed E-state index contributed by atoms with van der Waals surface area (Å²) in [7, 11) is -9.08. The summed E-state index contributed by atoms with van der Waals surface area (Å²) < 4.78 is 20.0. The SMILES string of the molecule is NCCN.O=P([O-])([O-])CCCCP(=O)([O-])[O-].[Fe+3].[Na+]. The van der Waals surface area contributed by atoms with Crippen LogP contribution in [0.2, 0.25) is 0 Å². The summed E-state index contributed by atoms with van der Waals surface area (Å²) in [5.41, 5.74) is 9.81. The van der Waals surface area contributed by atoms with Gasteiger partial charge in [0.15, 0.2) is 0 Å². The minimum Gasteiger partial charge on any atom is -0.811 e. The minimum atomic E-state index is -4.54. The van der Waals surface area contributed by atoms with E-state index in [1.165, 1.54) is 0 Å². The van der Waals surface area contributed by atoms with Gasteiger partial charge in [-0.25, -0.2) is 0 Å². The molecule has 0 rings (SSSR count). The molecule has 0 aliphatic rings. The molecule has 0 unspecified atom stereocenters. The maximum Gasteiger partial charge on any atom is 3.00 e. The first-order chi connectivity index (χ1) is 7.12. The van der Waals surface area contributed by atoms with Crippen molar-refractivity contribution in [3.63, 3.8) is 0 Å². The first kappa shape index (κ1) is 28.0. The molecule has 0 aromatic carbocycles. The zero-order valence-electron chi connectivity index (χ0n) is 10.1. The van der Waals surface area contributed by atoms with Crippen LogP contribution in [0.3, 0.4) is 0 Å². The maximum absolute atomic E-state index is 10.0. The van der Waals surface area contributed by atoms with E-state index in [4.69, 9.17) is 11.5 Å². The molecule has 0 fully saturated rings. The Bertz CT molecular complexity index is 234. The number of hydrogen-bond donors (Lipinski definition) is 2. The van der Waals surface area contributed by atoms with Crippen molar-refractivity contribution in [1.82, 2.24) is 0 Å². The second kappa shape index (κ2) is 15.1. The van der Waals surface area contributed by atoms with Crippen LogP contribution in [0.1, 0.15) is 12.8 Å². The van der Waals surface area contributed by atoms with Crippen LogP contribution in [0.15, 0.2) is 0 Å². The molecule has 0 spiro atoms. The quantitative estimate of drug-likeness (QED) is 0.269. The Kier molecular flexibility index (Phi) is 23.5. The Labute approximate surface area is 139 Å². The largest absolute Gasteiger partial charge is 3.00 e. The average molecular weight is 353 g/mol. The summed E-state index contributed by atoms with van der Waals surface area (Å²) in [4.78, 5) is 40.0. The molecule has 8 nitrogen and oxygen atoms in total. The van der Waals surface area contributed by atoms with E-state index in [0.29, 0.717) is 13.1 Å². The zero-order chi connectivity index (χ0) is 13.2. The molecule has 4 N–H and O–H groups in total. The van der Waals surface area contributed by atoms with Gasteiger partial charge in [0.25, 0.3) is 0 Å². The number of nitrogens with two attached hydrogens (primary N) is 2. The summed E-state index contributed by atoms with van der Waals surface area (Å²) in [6.45, 7) is 1.19. The smallest absolute Gasteiger partial charge is 0.811 e. The number of rotatable bonds is 6. The molecule has 0 saturated carbocycles. The molecule has 0 atom stereocenters. The second-order valence-corrected chi connectivity index (χ2v) is 6.29. The van der Waals surface area contributed by atoms with Crippen molar-refractivity contribution in [2.24, 2.45) is 11.5 Å². The Balaban J connectivity index is -0.000000143. The molecule has 0 aromatic rings. The predicted octanol–water partition coefficient (Wildman–Crippen LogP) is -6.50. The number of hydrogen-bond acceptors (Lipinski definition) is 8. The van der Waals surface area contributed by atoms with Crippen molar-refractivity contribution in [3.8, 4) is 0 Å². The first-order valence-electron chi connectivity index (χ1n) is 4.54. The molecular formula is C6H16FeN2NaO6P2. The van der Waals surface area contributed by atoms with Gasteiger partial charge in [0.1, 0.15) is 0 Å². The molecule has 105 valence electrons. The van der Waals surface area contributed by atoms with E-state index in [2.05, 4.69) is 0 Å². The average Bonchev–Trinajstić information content (AvgIpc) is 2.10. The van der Waals surface area contributed by atoms with Gasteiger partial charge in [-0.2, -0.15) is 0 Å².